The lowest BCUT2D eigenvalue weighted by molar-refractivity contribution is 0.205. The molecule has 1 rings (SSSR count). The fourth-order valence-corrected chi connectivity index (χ4v) is 1.38. The molecule has 0 heterocycles. The summed E-state index contributed by atoms with van der Waals surface area (Å²) < 4.78 is 13.7. The van der Waals surface area contributed by atoms with Gasteiger partial charge in [0.2, 0.25) is 11.9 Å². The maximum absolute atomic E-state index is 13.7. The molecule has 2 N–H and O–H groups in total. The molecule has 4 nitrogen and oxygen atoms in total. The Morgan fingerprint density at radius 3 is 2.53 bits per heavy atom. The average Bonchev–Trinajstić information content (AvgIpc) is 2.11. The standard InChI is InChI=1S/C9H7ClFNO3/c1-9(11,12-4-13)5-2-7(14)8(15)3-6(5)10/h2-3,14-15H,1H3. The van der Waals surface area contributed by atoms with E-state index >= 15 is 0 Å². The van der Waals surface area contributed by atoms with Crippen LogP contribution in [0.1, 0.15) is 12.5 Å². The number of phenols is 2. The number of isocyanates is 1. The average molecular weight is 232 g/mol. The van der Waals surface area contributed by atoms with E-state index < -0.39 is 17.3 Å². The molecular weight excluding hydrogens is 225 g/mol. The molecule has 0 saturated carbocycles. The lowest BCUT2D eigenvalue weighted by atomic mass is 10.1. The number of halogens is 2. The van der Waals surface area contributed by atoms with E-state index in [4.69, 9.17) is 21.8 Å². The summed E-state index contributed by atoms with van der Waals surface area (Å²) in [5.41, 5.74) is -0.220. The summed E-state index contributed by atoms with van der Waals surface area (Å²) in [4.78, 5) is 12.9. The molecule has 0 aliphatic carbocycles. The van der Waals surface area contributed by atoms with Crippen molar-refractivity contribution in [3.8, 4) is 11.5 Å². The Morgan fingerprint density at radius 2 is 2.00 bits per heavy atom. The van der Waals surface area contributed by atoms with Gasteiger partial charge in [-0.05, 0) is 13.0 Å². The third-order valence-corrected chi connectivity index (χ3v) is 2.12. The van der Waals surface area contributed by atoms with Gasteiger partial charge in [0, 0.05) is 11.6 Å². The van der Waals surface area contributed by atoms with Crippen molar-refractivity contribution in [3.63, 3.8) is 0 Å². The molecule has 0 fully saturated rings. The molecule has 0 bridgehead atoms. The first kappa shape index (κ1) is 11.5. The number of aromatic hydroxyl groups is 2. The van der Waals surface area contributed by atoms with Gasteiger partial charge in [-0.15, -0.1) is 0 Å². The Balaban J connectivity index is 3.38. The van der Waals surface area contributed by atoms with E-state index in [0.717, 1.165) is 25.1 Å². The molecule has 1 aromatic rings. The number of alkyl halides is 1. The van der Waals surface area contributed by atoms with E-state index in [9.17, 15) is 9.18 Å². The summed E-state index contributed by atoms with van der Waals surface area (Å²) >= 11 is 5.62. The highest BCUT2D eigenvalue weighted by molar-refractivity contribution is 6.31. The Kier molecular flexibility index (Phi) is 2.98. The number of hydrogen-bond acceptors (Lipinski definition) is 4. The van der Waals surface area contributed by atoms with Crippen LogP contribution in [0.15, 0.2) is 17.1 Å². The smallest absolute Gasteiger partial charge is 0.238 e. The van der Waals surface area contributed by atoms with E-state index in [1.165, 1.54) is 0 Å². The lowest BCUT2D eigenvalue weighted by Gasteiger charge is -2.15. The van der Waals surface area contributed by atoms with Gasteiger partial charge in [-0.3, -0.25) is 0 Å². The van der Waals surface area contributed by atoms with Crippen molar-refractivity contribution < 1.29 is 19.4 Å². The molecule has 0 radical (unpaired) electrons. The predicted octanol–water partition coefficient (Wildman–Crippen LogP) is 2.23. The first-order valence-corrected chi connectivity index (χ1v) is 4.26. The number of phenolic OH excluding ortho intramolecular Hbond substituents is 2. The number of carbonyl (C=O) groups excluding carboxylic acids is 1. The quantitative estimate of drug-likeness (QED) is 0.355. The highest BCUT2D eigenvalue weighted by atomic mass is 35.5. The van der Waals surface area contributed by atoms with Crippen LogP contribution in [0.25, 0.3) is 0 Å². The second kappa shape index (κ2) is 3.88. The van der Waals surface area contributed by atoms with Gasteiger partial charge < -0.3 is 10.2 Å². The van der Waals surface area contributed by atoms with Crippen LogP contribution in [0.4, 0.5) is 4.39 Å². The topological polar surface area (TPSA) is 69.9 Å². The van der Waals surface area contributed by atoms with Crippen LogP contribution in [0, 0.1) is 0 Å². The van der Waals surface area contributed by atoms with Gasteiger partial charge in [-0.1, -0.05) is 11.6 Å². The molecule has 0 aliphatic heterocycles. The predicted molar refractivity (Wildman–Crippen MR) is 51.4 cm³/mol. The van der Waals surface area contributed by atoms with Crippen LogP contribution in [0.2, 0.25) is 5.02 Å². The van der Waals surface area contributed by atoms with Crippen molar-refractivity contribution in [1.82, 2.24) is 0 Å². The van der Waals surface area contributed by atoms with Gasteiger partial charge in [0.15, 0.2) is 11.5 Å². The number of hydrogen-bond donors (Lipinski definition) is 2. The van der Waals surface area contributed by atoms with E-state index in [1.807, 2.05) is 0 Å². The highest BCUT2D eigenvalue weighted by Gasteiger charge is 2.29. The fraction of sp³-hybridized carbons (Fsp3) is 0.222. The first-order valence-electron chi connectivity index (χ1n) is 3.88. The van der Waals surface area contributed by atoms with Crippen molar-refractivity contribution in [2.45, 2.75) is 12.7 Å². The molecule has 6 heteroatoms. The van der Waals surface area contributed by atoms with Crippen LogP contribution >= 0.6 is 11.6 Å². The van der Waals surface area contributed by atoms with Crippen molar-refractivity contribution in [2.75, 3.05) is 0 Å². The molecule has 15 heavy (non-hydrogen) atoms. The summed E-state index contributed by atoms with van der Waals surface area (Å²) in [6.45, 7) is 0.982. The molecule has 1 unspecified atom stereocenters. The van der Waals surface area contributed by atoms with E-state index in [2.05, 4.69) is 4.99 Å². The maximum atomic E-state index is 13.7. The first-order chi connectivity index (χ1) is 6.88. The molecule has 1 atom stereocenters. The Hall–Kier alpha value is -1.58. The number of nitrogens with zero attached hydrogens (tertiary/aromatic N) is 1. The monoisotopic (exact) mass is 231 g/mol. The van der Waals surface area contributed by atoms with Crippen LogP contribution in [0.5, 0.6) is 11.5 Å². The second-order valence-corrected chi connectivity index (χ2v) is 3.38. The third kappa shape index (κ3) is 2.26. The lowest BCUT2D eigenvalue weighted by Crippen LogP contribution is -2.12. The largest absolute Gasteiger partial charge is 0.504 e. The molecule has 0 saturated heterocycles. The molecule has 1 aromatic carbocycles. The summed E-state index contributed by atoms with van der Waals surface area (Å²) in [5.74, 6) is -3.40. The minimum atomic E-state index is -2.38. The summed E-state index contributed by atoms with van der Waals surface area (Å²) in [7, 11) is 0. The van der Waals surface area contributed by atoms with Crippen molar-refractivity contribution in [2.24, 2.45) is 4.99 Å². The fourth-order valence-electron chi connectivity index (χ4n) is 1.05. The SMILES string of the molecule is CC(F)(N=C=O)c1cc(O)c(O)cc1Cl. The summed E-state index contributed by atoms with van der Waals surface area (Å²) in [5, 5.41) is 18.1. The molecule has 0 aliphatic rings. The van der Waals surface area contributed by atoms with Gasteiger partial charge in [-0.25, -0.2) is 9.18 Å². The summed E-state index contributed by atoms with van der Waals surface area (Å²) in [6.07, 6.45) is 1.06. The Labute approximate surface area is 89.6 Å². The zero-order valence-electron chi connectivity index (χ0n) is 7.66. The van der Waals surface area contributed by atoms with E-state index in [1.54, 1.807) is 0 Å². The van der Waals surface area contributed by atoms with Crippen molar-refractivity contribution >= 4 is 17.7 Å². The number of benzene rings is 1. The van der Waals surface area contributed by atoms with Gasteiger partial charge in [0.1, 0.15) is 0 Å². The Bertz CT molecular complexity index is 441. The molecule has 80 valence electrons. The normalized spacial score (nSPS) is 14.1. The minimum absolute atomic E-state index is 0.144. The van der Waals surface area contributed by atoms with Crippen molar-refractivity contribution in [1.29, 1.82) is 0 Å². The second-order valence-electron chi connectivity index (χ2n) is 2.98. The van der Waals surface area contributed by atoms with Gasteiger partial charge in [0.25, 0.3) is 0 Å². The number of rotatable bonds is 2. The zero-order valence-corrected chi connectivity index (χ0v) is 8.42. The van der Waals surface area contributed by atoms with Crippen LogP contribution in [0.3, 0.4) is 0 Å². The third-order valence-electron chi connectivity index (χ3n) is 1.81. The molecule has 0 spiro atoms. The molecule has 0 aromatic heterocycles. The minimum Gasteiger partial charge on any atom is -0.504 e. The summed E-state index contributed by atoms with van der Waals surface area (Å²) in [6, 6.07) is 1.86. The molecular formula is C9H7ClFNO3. The zero-order chi connectivity index (χ0) is 11.6. The van der Waals surface area contributed by atoms with Crippen molar-refractivity contribution in [3.05, 3.63) is 22.7 Å². The van der Waals surface area contributed by atoms with Crippen LogP contribution < -0.4 is 0 Å². The van der Waals surface area contributed by atoms with Gasteiger partial charge >= 0.3 is 0 Å². The van der Waals surface area contributed by atoms with Crippen LogP contribution in [-0.2, 0) is 10.6 Å². The van der Waals surface area contributed by atoms with Gasteiger partial charge in [-0.2, -0.15) is 4.99 Å². The highest BCUT2D eigenvalue weighted by Crippen LogP contribution is 2.38. The molecule has 0 amide bonds. The maximum Gasteiger partial charge on any atom is 0.238 e. The number of aliphatic imine (C=N–C) groups is 1. The van der Waals surface area contributed by atoms with E-state index in [0.29, 0.717) is 0 Å². The van der Waals surface area contributed by atoms with Crippen LogP contribution in [-0.4, -0.2) is 16.3 Å². The van der Waals surface area contributed by atoms with Gasteiger partial charge in [0.05, 0.1) is 5.02 Å². The Morgan fingerprint density at radius 1 is 1.47 bits per heavy atom. The van der Waals surface area contributed by atoms with E-state index in [-0.39, 0.29) is 10.6 Å².